The quantitative estimate of drug-likeness (QED) is 0.427. The highest BCUT2D eigenvalue weighted by Crippen LogP contribution is 1.81. The van der Waals surface area contributed by atoms with E-state index in [9.17, 15) is 4.79 Å². The molecule has 0 aromatic heterocycles. The number of carbonyl (C=O) groups is 1. The molecule has 2 heteroatoms. The van der Waals surface area contributed by atoms with Gasteiger partial charge in [0.2, 0.25) is 0 Å². The summed E-state index contributed by atoms with van der Waals surface area (Å²) in [6, 6.07) is 0. The largest absolute Gasteiger partial charge is 0.453 e. The van der Waals surface area contributed by atoms with Gasteiger partial charge in [-0.25, -0.2) is 0 Å². The molecular formula is C8H12O2. The van der Waals surface area contributed by atoms with Crippen LogP contribution in [-0.2, 0) is 9.53 Å². The van der Waals surface area contributed by atoms with Crippen molar-refractivity contribution in [1.82, 2.24) is 0 Å². The van der Waals surface area contributed by atoms with Crippen molar-refractivity contribution in [2.75, 3.05) is 6.61 Å². The predicted molar refractivity (Wildman–Crippen MR) is 39.3 cm³/mol. The Hall–Kier alpha value is -0.970. The molecule has 2 nitrogen and oxygen atoms in total. The van der Waals surface area contributed by atoms with E-state index in [0.717, 1.165) is 12.8 Å². The molecule has 0 rings (SSSR count). The molecule has 0 aliphatic carbocycles. The summed E-state index contributed by atoms with van der Waals surface area (Å²) in [6.07, 6.45) is 1.92. The van der Waals surface area contributed by atoms with E-state index < -0.39 is 0 Å². The van der Waals surface area contributed by atoms with E-state index in [4.69, 9.17) is 0 Å². The minimum absolute atomic E-state index is 0.231. The maximum Gasteiger partial charge on any atom is 0.303 e. The second kappa shape index (κ2) is 6.15. The van der Waals surface area contributed by atoms with Crippen LogP contribution in [0.25, 0.3) is 0 Å². The molecule has 0 aromatic carbocycles. The molecule has 0 fully saturated rings. The Kier molecular flexibility index (Phi) is 5.56. The van der Waals surface area contributed by atoms with Gasteiger partial charge in [-0.3, -0.25) is 4.79 Å². The zero-order chi connectivity index (χ0) is 7.82. The van der Waals surface area contributed by atoms with Crippen LogP contribution in [0, 0.1) is 11.8 Å². The molecule has 0 aliphatic heterocycles. The van der Waals surface area contributed by atoms with Gasteiger partial charge in [-0.15, -0.1) is 0 Å². The van der Waals surface area contributed by atoms with Gasteiger partial charge in [0, 0.05) is 13.3 Å². The first-order valence-corrected chi connectivity index (χ1v) is 3.36. The molecule has 0 saturated carbocycles. The summed E-state index contributed by atoms with van der Waals surface area (Å²) in [5, 5.41) is 0. The van der Waals surface area contributed by atoms with E-state index in [1.807, 2.05) is 0 Å². The van der Waals surface area contributed by atoms with Gasteiger partial charge >= 0.3 is 5.97 Å². The second-order valence-electron chi connectivity index (χ2n) is 1.88. The average Bonchev–Trinajstić information content (AvgIpc) is 1.87. The van der Waals surface area contributed by atoms with Crippen LogP contribution in [0.4, 0.5) is 0 Å². The Bertz CT molecular complexity index is 150. The third kappa shape index (κ3) is 7.03. The molecule has 0 amide bonds. The van der Waals surface area contributed by atoms with Crippen molar-refractivity contribution in [3.05, 3.63) is 0 Å². The van der Waals surface area contributed by atoms with Gasteiger partial charge in [-0.05, 0) is 6.42 Å². The number of unbranched alkanes of at least 4 members (excludes halogenated alkanes) is 1. The van der Waals surface area contributed by atoms with Gasteiger partial charge in [0.05, 0.1) is 0 Å². The summed E-state index contributed by atoms with van der Waals surface area (Å²) < 4.78 is 4.58. The Morgan fingerprint density at radius 1 is 1.50 bits per heavy atom. The number of ether oxygens (including phenoxy) is 1. The zero-order valence-corrected chi connectivity index (χ0v) is 6.44. The van der Waals surface area contributed by atoms with E-state index in [2.05, 4.69) is 23.5 Å². The summed E-state index contributed by atoms with van der Waals surface area (Å²) in [7, 11) is 0. The molecule has 0 aliphatic rings. The van der Waals surface area contributed by atoms with Gasteiger partial charge in [-0.1, -0.05) is 18.8 Å². The summed E-state index contributed by atoms with van der Waals surface area (Å²) in [5.41, 5.74) is 0. The van der Waals surface area contributed by atoms with Crippen LogP contribution < -0.4 is 0 Å². The standard InChI is InChI=1S/C8H12O2/c1-3-4-5-6-7-10-8(2)9/h3-4,7H2,1-2H3. The third-order valence-corrected chi connectivity index (χ3v) is 0.848. The smallest absolute Gasteiger partial charge is 0.303 e. The number of hydrogen-bond acceptors (Lipinski definition) is 2. The fourth-order valence-corrected chi connectivity index (χ4v) is 0.402. The monoisotopic (exact) mass is 140 g/mol. The minimum atomic E-state index is -0.272. The summed E-state index contributed by atoms with van der Waals surface area (Å²) in [4.78, 5) is 10.2. The number of carbonyl (C=O) groups excluding carboxylic acids is 1. The fraction of sp³-hybridized carbons (Fsp3) is 0.625. The van der Waals surface area contributed by atoms with Gasteiger partial charge in [-0.2, -0.15) is 0 Å². The topological polar surface area (TPSA) is 26.3 Å². The molecular weight excluding hydrogens is 128 g/mol. The van der Waals surface area contributed by atoms with E-state index in [1.54, 1.807) is 0 Å². The molecule has 0 N–H and O–H groups in total. The van der Waals surface area contributed by atoms with E-state index in [0.29, 0.717) is 0 Å². The first kappa shape index (κ1) is 9.03. The molecule has 0 radical (unpaired) electrons. The maximum atomic E-state index is 10.2. The Labute approximate surface area is 61.6 Å². The summed E-state index contributed by atoms with van der Waals surface area (Å²) >= 11 is 0. The van der Waals surface area contributed by atoms with Crippen LogP contribution in [0.2, 0.25) is 0 Å². The van der Waals surface area contributed by atoms with Crippen LogP contribution in [0.5, 0.6) is 0 Å². The molecule has 0 atom stereocenters. The number of esters is 1. The van der Waals surface area contributed by atoms with Crippen LogP contribution >= 0.6 is 0 Å². The van der Waals surface area contributed by atoms with Gasteiger partial charge in [0.1, 0.15) is 0 Å². The van der Waals surface area contributed by atoms with Gasteiger partial charge in [0.15, 0.2) is 6.61 Å². The first-order chi connectivity index (χ1) is 4.77. The lowest BCUT2D eigenvalue weighted by atomic mass is 10.3. The highest BCUT2D eigenvalue weighted by molar-refractivity contribution is 5.66. The maximum absolute atomic E-state index is 10.2. The van der Waals surface area contributed by atoms with Crippen molar-refractivity contribution < 1.29 is 9.53 Å². The average molecular weight is 140 g/mol. The number of rotatable bonds is 2. The molecule has 0 heterocycles. The summed E-state index contributed by atoms with van der Waals surface area (Å²) in [6.45, 7) is 3.66. The van der Waals surface area contributed by atoms with E-state index in [1.165, 1.54) is 6.92 Å². The highest BCUT2D eigenvalue weighted by Gasteiger charge is 1.84. The highest BCUT2D eigenvalue weighted by atomic mass is 16.5. The lowest BCUT2D eigenvalue weighted by molar-refractivity contribution is -0.139. The molecule has 0 saturated heterocycles. The van der Waals surface area contributed by atoms with Crippen molar-refractivity contribution in [1.29, 1.82) is 0 Å². The molecule has 56 valence electrons. The SMILES string of the molecule is CCCC#CCOC(C)=O. The Morgan fingerprint density at radius 3 is 2.70 bits per heavy atom. The van der Waals surface area contributed by atoms with Gasteiger partial charge in [0.25, 0.3) is 0 Å². The van der Waals surface area contributed by atoms with Gasteiger partial charge < -0.3 is 4.74 Å². The van der Waals surface area contributed by atoms with Crippen molar-refractivity contribution in [3.8, 4) is 11.8 Å². The third-order valence-electron chi connectivity index (χ3n) is 0.848. The molecule has 0 unspecified atom stereocenters. The van der Waals surface area contributed by atoms with Crippen LogP contribution in [-0.4, -0.2) is 12.6 Å². The molecule has 0 aromatic rings. The predicted octanol–water partition coefficient (Wildman–Crippen LogP) is 1.35. The van der Waals surface area contributed by atoms with Crippen LogP contribution in [0.1, 0.15) is 26.7 Å². The van der Waals surface area contributed by atoms with E-state index >= 15 is 0 Å². The lowest BCUT2D eigenvalue weighted by Gasteiger charge is -1.90. The van der Waals surface area contributed by atoms with Crippen LogP contribution in [0.3, 0.4) is 0 Å². The molecule has 10 heavy (non-hydrogen) atoms. The normalized spacial score (nSPS) is 7.80. The van der Waals surface area contributed by atoms with Crippen LogP contribution in [0.15, 0.2) is 0 Å². The fourth-order valence-electron chi connectivity index (χ4n) is 0.402. The summed E-state index contributed by atoms with van der Waals surface area (Å²) in [5.74, 6) is 5.32. The molecule has 0 bridgehead atoms. The Balaban J connectivity index is 3.20. The zero-order valence-electron chi connectivity index (χ0n) is 6.44. The van der Waals surface area contributed by atoms with E-state index in [-0.39, 0.29) is 12.6 Å². The first-order valence-electron chi connectivity index (χ1n) is 3.36. The second-order valence-corrected chi connectivity index (χ2v) is 1.88. The van der Waals surface area contributed by atoms with Crippen molar-refractivity contribution in [3.63, 3.8) is 0 Å². The Morgan fingerprint density at radius 2 is 2.20 bits per heavy atom. The lowest BCUT2D eigenvalue weighted by Crippen LogP contribution is -1.97. The van der Waals surface area contributed by atoms with Crippen molar-refractivity contribution in [2.24, 2.45) is 0 Å². The molecule has 0 spiro atoms. The minimum Gasteiger partial charge on any atom is -0.453 e. The van der Waals surface area contributed by atoms with Crippen molar-refractivity contribution in [2.45, 2.75) is 26.7 Å². The van der Waals surface area contributed by atoms with Crippen molar-refractivity contribution >= 4 is 5.97 Å². The number of hydrogen-bond donors (Lipinski definition) is 0.